The predicted molar refractivity (Wildman–Crippen MR) is 120 cm³/mol. The Hall–Kier alpha value is -2.73. The number of hydrogen-bond acceptors (Lipinski definition) is 4. The van der Waals surface area contributed by atoms with Crippen molar-refractivity contribution in [3.8, 4) is 0 Å². The number of carboxylic acid groups (broad SMARTS) is 1. The maximum Gasteiger partial charge on any atom is 0.306 e. The number of halogens is 1. The first-order valence-corrected chi connectivity index (χ1v) is 11.7. The van der Waals surface area contributed by atoms with Crippen LogP contribution in [0.3, 0.4) is 0 Å². The Balaban J connectivity index is 1.59. The Labute approximate surface area is 191 Å². The lowest BCUT2D eigenvalue weighted by molar-refractivity contribution is -0.141. The van der Waals surface area contributed by atoms with Gasteiger partial charge in [0, 0.05) is 11.5 Å². The fourth-order valence-corrected chi connectivity index (χ4v) is 5.32. The minimum Gasteiger partial charge on any atom is -0.481 e. The van der Waals surface area contributed by atoms with Crippen molar-refractivity contribution in [3.05, 3.63) is 57.4 Å². The first-order chi connectivity index (χ1) is 15.5. The van der Waals surface area contributed by atoms with Crippen molar-refractivity contribution in [2.75, 3.05) is 0 Å². The van der Waals surface area contributed by atoms with E-state index in [-0.39, 0.29) is 17.7 Å². The molecule has 1 aromatic heterocycles. The first-order valence-electron chi connectivity index (χ1n) is 11.3. The number of benzene rings is 1. The molecule has 5 rings (SSSR count). The molecule has 0 saturated heterocycles. The van der Waals surface area contributed by atoms with Crippen LogP contribution >= 0.6 is 11.6 Å². The van der Waals surface area contributed by atoms with E-state index in [9.17, 15) is 19.5 Å². The minimum absolute atomic E-state index is 0.135. The van der Waals surface area contributed by atoms with Crippen LogP contribution in [0.25, 0.3) is 5.57 Å². The van der Waals surface area contributed by atoms with Gasteiger partial charge in [-0.15, -0.1) is 0 Å². The molecule has 3 aliphatic rings. The van der Waals surface area contributed by atoms with E-state index in [1.807, 2.05) is 18.2 Å². The molecule has 2 unspecified atom stereocenters. The number of nitrogens with zero attached hydrogens (tertiary/aromatic N) is 2. The van der Waals surface area contributed by atoms with E-state index >= 15 is 0 Å². The molecule has 3 aliphatic carbocycles. The summed E-state index contributed by atoms with van der Waals surface area (Å²) >= 11 is 6.50. The van der Waals surface area contributed by atoms with E-state index in [1.54, 1.807) is 6.07 Å². The van der Waals surface area contributed by atoms with Crippen LogP contribution in [0.15, 0.2) is 24.3 Å². The van der Waals surface area contributed by atoms with Crippen LogP contribution < -0.4 is 0 Å². The van der Waals surface area contributed by atoms with Crippen molar-refractivity contribution in [1.82, 2.24) is 9.78 Å². The van der Waals surface area contributed by atoms with Gasteiger partial charge in [0.05, 0.1) is 27.9 Å². The number of fused-ring (bicyclic) bond motifs is 1. The molecule has 2 aromatic rings. The zero-order valence-corrected chi connectivity index (χ0v) is 18.5. The average Bonchev–Trinajstić information content (AvgIpc) is 3.58. The number of aliphatic carboxylic acids is 1. The Bertz CT molecular complexity index is 1150. The predicted octanol–water partition coefficient (Wildman–Crippen LogP) is 4.67. The highest BCUT2D eigenvalue weighted by Crippen LogP contribution is 2.44. The molecule has 32 heavy (non-hydrogen) atoms. The van der Waals surface area contributed by atoms with Gasteiger partial charge in [0.2, 0.25) is 0 Å². The topological polar surface area (TPSA) is 89.3 Å². The normalized spacial score (nSPS) is 22.7. The van der Waals surface area contributed by atoms with Crippen LogP contribution in [0.5, 0.6) is 0 Å². The molecule has 1 heterocycles. The van der Waals surface area contributed by atoms with Crippen molar-refractivity contribution < 1.29 is 19.5 Å². The van der Waals surface area contributed by atoms with Crippen LogP contribution in [-0.2, 0) is 22.4 Å². The molecule has 0 bridgehead atoms. The van der Waals surface area contributed by atoms with Crippen molar-refractivity contribution >= 4 is 35.3 Å². The van der Waals surface area contributed by atoms with Crippen molar-refractivity contribution in [2.24, 2.45) is 11.8 Å². The van der Waals surface area contributed by atoms with Gasteiger partial charge in [-0.25, -0.2) is 0 Å². The second-order valence-electron chi connectivity index (χ2n) is 9.15. The summed E-state index contributed by atoms with van der Waals surface area (Å²) in [7, 11) is 0. The number of allylic oxidation sites excluding steroid dienone is 2. The SMILES string of the molecule is O=CC1CCc2c(C3=CCC(C(=O)O)CC3)nn(C(=O)c3c(Cl)cccc3C3CC3)c2C1. The van der Waals surface area contributed by atoms with Gasteiger partial charge in [-0.2, -0.15) is 9.78 Å². The summed E-state index contributed by atoms with van der Waals surface area (Å²) in [4.78, 5) is 36.6. The molecule has 0 aliphatic heterocycles. The molecule has 0 amide bonds. The van der Waals surface area contributed by atoms with E-state index < -0.39 is 5.97 Å². The first kappa shape index (κ1) is 21.1. The molecule has 166 valence electrons. The quantitative estimate of drug-likeness (QED) is 0.665. The number of aldehydes is 1. The van der Waals surface area contributed by atoms with Gasteiger partial charge in [0.1, 0.15) is 6.29 Å². The summed E-state index contributed by atoms with van der Waals surface area (Å²) < 4.78 is 1.47. The van der Waals surface area contributed by atoms with Gasteiger partial charge in [0.25, 0.3) is 5.91 Å². The molecular weight excluding hydrogens is 428 g/mol. The van der Waals surface area contributed by atoms with Crippen LogP contribution in [0, 0.1) is 11.8 Å². The monoisotopic (exact) mass is 452 g/mol. The highest BCUT2D eigenvalue weighted by molar-refractivity contribution is 6.34. The van der Waals surface area contributed by atoms with E-state index in [2.05, 4.69) is 0 Å². The van der Waals surface area contributed by atoms with Crippen molar-refractivity contribution in [1.29, 1.82) is 0 Å². The highest BCUT2D eigenvalue weighted by Gasteiger charge is 2.34. The highest BCUT2D eigenvalue weighted by atomic mass is 35.5. The van der Waals surface area contributed by atoms with E-state index in [0.717, 1.165) is 53.6 Å². The molecule has 0 radical (unpaired) electrons. The third-order valence-electron chi connectivity index (χ3n) is 7.04. The fraction of sp³-hybridized carbons (Fsp3) is 0.440. The van der Waals surface area contributed by atoms with Crippen molar-refractivity contribution in [2.45, 2.75) is 57.3 Å². The summed E-state index contributed by atoms with van der Waals surface area (Å²) in [6, 6.07) is 5.59. The van der Waals surface area contributed by atoms with Crippen LogP contribution in [0.2, 0.25) is 5.02 Å². The van der Waals surface area contributed by atoms with Gasteiger partial charge in [-0.3, -0.25) is 9.59 Å². The molecular formula is C25H25ClN2O4. The molecule has 6 nitrogen and oxygen atoms in total. The number of carboxylic acids is 1. The molecule has 2 atom stereocenters. The van der Waals surface area contributed by atoms with E-state index in [0.29, 0.717) is 48.6 Å². The zero-order chi connectivity index (χ0) is 22.4. The molecule has 1 saturated carbocycles. The van der Waals surface area contributed by atoms with Crippen molar-refractivity contribution in [3.63, 3.8) is 0 Å². The molecule has 1 fully saturated rings. The lowest BCUT2D eigenvalue weighted by atomic mass is 9.83. The Morgan fingerprint density at radius 1 is 1.16 bits per heavy atom. The summed E-state index contributed by atoms with van der Waals surface area (Å²) in [5, 5.41) is 14.5. The third-order valence-corrected chi connectivity index (χ3v) is 7.35. The summed E-state index contributed by atoms with van der Waals surface area (Å²) in [5.41, 5.74) is 5.05. The Kier molecular flexibility index (Phi) is 5.49. The van der Waals surface area contributed by atoms with Gasteiger partial charge in [-0.05, 0) is 74.5 Å². The standard InChI is InChI=1S/C25H25ClN2O4/c26-20-3-1-2-18(15-5-6-15)22(20)24(30)28-21-12-14(13-29)4-11-19(21)23(27-28)16-7-9-17(10-8-16)25(31)32/h1-3,7,13-15,17H,4-6,8-12H2,(H,31,32). The molecule has 1 aromatic carbocycles. The fourth-order valence-electron chi connectivity index (χ4n) is 5.06. The molecule has 0 spiro atoms. The minimum atomic E-state index is -0.775. The van der Waals surface area contributed by atoms with Crippen LogP contribution in [0.4, 0.5) is 0 Å². The second-order valence-corrected chi connectivity index (χ2v) is 9.55. The van der Waals surface area contributed by atoms with Crippen LogP contribution in [-0.4, -0.2) is 33.0 Å². The third kappa shape index (κ3) is 3.71. The largest absolute Gasteiger partial charge is 0.481 e. The molecule has 1 N–H and O–H groups in total. The summed E-state index contributed by atoms with van der Waals surface area (Å²) in [5.74, 6) is -1.17. The Morgan fingerprint density at radius 3 is 2.62 bits per heavy atom. The number of carbonyl (C=O) groups excluding carboxylic acids is 2. The molecule has 7 heteroatoms. The van der Waals surface area contributed by atoms with Gasteiger partial charge in [-0.1, -0.05) is 29.8 Å². The number of aromatic nitrogens is 2. The number of carbonyl (C=O) groups is 3. The second kappa shape index (κ2) is 8.32. The summed E-state index contributed by atoms with van der Waals surface area (Å²) in [6.45, 7) is 0. The van der Waals surface area contributed by atoms with Gasteiger partial charge < -0.3 is 9.90 Å². The lowest BCUT2D eigenvalue weighted by Gasteiger charge is -2.21. The Morgan fingerprint density at radius 2 is 1.97 bits per heavy atom. The summed E-state index contributed by atoms with van der Waals surface area (Å²) in [6.07, 6.45) is 8.55. The van der Waals surface area contributed by atoms with Gasteiger partial charge in [0.15, 0.2) is 0 Å². The van der Waals surface area contributed by atoms with Crippen LogP contribution in [0.1, 0.15) is 77.3 Å². The zero-order valence-electron chi connectivity index (χ0n) is 17.7. The maximum atomic E-state index is 13.8. The number of hydrogen-bond donors (Lipinski definition) is 1. The maximum absolute atomic E-state index is 13.8. The van der Waals surface area contributed by atoms with E-state index in [4.69, 9.17) is 16.7 Å². The average molecular weight is 453 g/mol. The number of rotatable bonds is 5. The van der Waals surface area contributed by atoms with Gasteiger partial charge >= 0.3 is 5.97 Å². The van der Waals surface area contributed by atoms with E-state index in [1.165, 1.54) is 4.68 Å². The lowest BCUT2D eigenvalue weighted by Crippen LogP contribution is -2.23. The smallest absolute Gasteiger partial charge is 0.306 e.